The standard InChI is InChI=1S/C13H10F3NS/c14-9-4-5-11(17)12(6-9)18-7-8-2-1-3-10(15)13(8)16/h1-6H,7,17H2. The van der Waals surface area contributed by atoms with E-state index in [-0.39, 0.29) is 11.3 Å². The number of rotatable bonds is 3. The fraction of sp³-hybridized carbons (Fsp3) is 0.0769. The topological polar surface area (TPSA) is 26.0 Å². The highest BCUT2D eigenvalue weighted by Crippen LogP contribution is 2.29. The number of nitrogen functional groups attached to an aromatic ring is 1. The lowest BCUT2D eigenvalue weighted by molar-refractivity contribution is 0.502. The highest BCUT2D eigenvalue weighted by atomic mass is 32.2. The Morgan fingerprint density at radius 3 is 2.61 bits per heavy atom. The van der Waals surface area contributed by atoms with Crippen molar-refractivity contribution in [2.24, 2.45) is 0 Å². The smallest absolute Gasteiger partial charge is 0.162 e. The van der Waals surface area contributed by atoms with Gasteiger partial charge in [0.05, 0.1) is 0 Å². The molecule has 94 valence electrons. The molecule has 0 saturated carbocycles. The zero-order chi connectivity index (χ0) is 13.1. The SMILES string of the molecule is Nc1ccc(F)cc1SCc1cccc(F)c1F. The molecule has 0 unspecified atom stereocenters. The van der Waals surface area contributed by atoms with Crippen LogP contribution in [0.4, 0.5) is 18.9 Å². The van der Waals surface area contributed by atoms with Crippen molar-refractivity contribution in [2.75, 3.05) is 5.73 Å². The Morgan fingerprint density at radius 2 is 1.83 bits per heavy atom. The Labute approximate surface area is 107 Å². The molecule has 1 nitrogen and oxygen atoms in total. The maximum Gasteiger partial charge on any atom is 0.162 e. The summed E-state index contributed by atoms with van der Waals surface area (Å²) in [7, 11) is 0. The minimum absolute atomic E-state index is 0.192. The number of hydrogen-bond donors (Lipinski definition) is 1. The third-order valence-corrected chi connectivity index (χ3v) is 3.51. The van der Waals surface area contributed by atoms with E-state index in [1.54, 1.807) is 0 Å². The van der Waals surface area contributed by atoms with E-state index >= 15 is 0 Å². The fourth-order valence-corrected chi connectivity index (χ4v) is 2.41. The molecule has 0 radical (unpaired) electrons. The lowest BCUT2D eigenvalue weighted by atomic mass is 10.2. The Hall–Kier alpha value is -1.62. The van der Waals surface area contributed by atoms with Crippen LogP contribution in [0.15, 0.2) is 41.3 Å². The molecule has 2 aromatic rings. The van der Waals surface area contributed by atoms with Crippen LogP contribution in [0.1, 0.15) is 5.56 Å². The largest absolute Gasteiger partial charge is 0.398 e. The van der Waals surface area contributed by atoms with Crippen LogP contribution in [-0.2, 0) is 5.75 Å². The first kappa shape index (κ1) is 12.8. The van der Waals surface area contributed by atoms with Crippen molar-refractivity contribution in [3.63, 3.8) is 0 Å². The highest BCUT2D eigenvalue weighted by molar-refractivity contribution is 7.98. The van der Waals surface area contributed by atoms with Crippen LogP contribution in [0.25, 0.3) is 0 Å². The van der Waals surface area contributed by atoms with Crippen LogP contribution in [0.5, 0.6) is 0 Å². The molecule has 0 amide bonds. The molecular weight excluding hydrogens is 259 g/mol. The Kier molecular flexibility index (Phi) is 3.81. The fourth-order valence-electron chi connectivity index (χ4n) is 1.45. The second-order valence-corrected chi connectivity index (χ2v) is 4.70. The van der Waals surface area contributed by atoms with Gasteiger partial charge in [0, 0.05) is 21.9 Å². The van der Waals surface area contributed by atoms with Gasteiger partial charge in [0.15, 0.2) is 11.6 Å². The zero-order valence-corrected chi connectivity index (χ0v) is 10.1. The number of benzene rings is 2. The first-order valence-corrected chi connectivity index (χ1v) is 6.17. The van der Waals surface area contributed by atoms with E-state index in [9.17, 15) is 13.2 Å². The van der Waals surface area contributed by atoms with Crippen LogP contribution in [0.3, 0.4) is 0 Å². The van der Waals surface area contributed by atoms with Gasteiger partial charge < -0.3 is 5.73 Å². The second kappa shape index (κ2) is 5.35. The van der Waals surface area contributed by atoms with Gasteiger partial charge in [-0.25, -0.2) is 13.2 Å². The maximum atomic E-state index is 13.4. The van der Waals surface area contributed by atoms with E-state index < -0.39 is 17.5 Å². The summed E-state index contributed by atoms with van der Waals surface area (Å²) in [6, 6.07) is 7.95. The molecule has 0 spiro atoms. The number of halogens is 3. The van der Waals surface area contributed by atoms with Crippen molar-refractivity contribution < 1.29 is 13.2 Å². The molecule has 0 heterocycles. The number of nitrogens with two attached hydrogens (primary N) is 1. The van der Waals surface area contributed by atoms with Crippen molar-refractivity contribution in [3.8, 4) is 0 Å². The van der Waals surface area contributed by atoms with Crippen molar-refractivity contribution in [1.29, 1.82) is 0 Å². The summed E-state index contributed by atoms with van der Waals surface area (Å²) in [6.07, 6.45) is 0. The monoisotopic (exact) mass is 269 g/mol. The van der Waals surface area contributed by atoms with Gasteiger partial charge in [0.25, 0.3) is 0 Å². The van der Waals surface area contributed by atoms with Crippen LogP contribution in [0.2, 0.25) is 0 Å². The van der Waals surface area contributed by atoms with Gasteiger partial charge in [-0.05, 0) is 24.3 Å². The lowest BCUT2D eigenvalue weighted by Crippen LogP contribution is -1.93. The predicted molar refractivity (Wildman–Crippen MR) is 66.7 cm³/mol. The van der Waals surface area contributed by atoms with E-state index in [0.717, 1.165) is 6.07 Å². The van der Waals surface area contributed by atoms with E-state index in [1.165, 1.54) is 42.1 Å². The van der Waals surface area contributed by atoms with Gasteiger partial charge in [-0.2, -0.15) is 0 Å². The molecule has 2 aromatic carbocycles. The molecule has 0 aliphatic rings. The molecule has 5 heteroatoms. The third-order valence-electron chi connectivity index (χ3n) is 2.39. The molecule has 18 heavy (non-hydrogen) atoms. The molecule has 0 fully saturated rings. The summed E-state index contributed by atoms with van der Waals surface area (Å²) < 4.78 is 39.4. The van der Waals surface area contributed by atoms with E-state index in [0.29, 0.717) is 10.6 Å². The third kappa shape index (κ3) is 2.79. The quantitative estimate of drug-likeness (QED) is 0.673. The molecule has 0 atom stereocenters. The number of hydrogen-bond acceptors (Lipinski definition) is 2. The van der Waals surface area contributed by atoms with Crippen LogP contribution < -0.4 is 5.73 Å². The Morgan fingerprint density at radius 1 is 1.06 bits per heavy atom. The van der Waals surface area contributed by atoms with Crippen molar-refractivity contribution >= 4 is 17.4 Å². The molecule has 0 aliphatic heterocycles. The lowest BCUT2D eigenvalue weighted by Gasteiger charge is -2.06. The van der Waals surface area contributed by atoms with Crippen molar-refractivity contribution in [3.05, 3.63) is 59.4 Å². The van der Waals surface area contributed by atoms with E-state index in [2.05, 4.69) is 0 Å². The normalized spacial score (nSPS) is 10.6. The molecule has 0 bridgehead atoms. The Bertz CT molecular complexity index is 570. The van der Waals surface area contributed by atoms with Crippen LogP contribution in [-0.4, -0.2) is 0 Å². The van der Waals surface area contributed by atoms with Gasteiger partial charge in [0.1, 0.15) is 5.82 Å². The second-order valence-electron chi connectivity index (χ2n) is 3.68. The van der Waals surface area contributed by atoms with E-state index in [1.807, 2.05) is 0 Å². The minimum atomic E-state index is -0.889. The van der Waals surface area contributed by atoms with Gasteiger partial charge in [0.2, 0.25) is 0 Å². The van der Waals surface area contributed by atoms with Crippen molar-refractivity contribution in [2.45, 2.75) is 10.6 Å². The molecule has 0 aliphatic carbocycles. The van der Waals surface area contributed by atoms with Gasteiger partial charge >= 0.3 is 0 Å². The van der Waals surface area contributed by atoms with Gasteiger partial charge in [-0.1, -0.05) is 12.1 Å². The van der Waals surface area contributed by atoms with Gasteiger partial charge in [-0.15, -0.1) is 11.8 Å². The van der Waals surface area contributed by atoms with Gasteiger partial charge in [-0.3, -0.25) is 0 Å². The number of anilines is 1. The zero-order valence-electron chi connectivity index (χ0n) is 9.29. The van der Waals surface area contributed by atoms with E-state index in [4.69, 9.17) is 5.73 Å². The summed E-state index contributed by atoms with van der Waals surface area (Å²) in [5.41, 5.74) is 6.31. The van der Waals surface area contributed by atoms with Crippen molar-refractivity contribution in [1.82, 2.24) is 0 Å². The molecule has 2 N–H and O–H groups in total. The number of thioether (sulfide) groups is 1. The first-order chi connectivity index (χ1) is 8.58. The average molecular weight is 269 g/mol. The predicted octanol–water partition coefficient (Wildman–Crippen LogP) is 3.98. The minimum Gasteiger partial charge on any atom is -0.398 e. The summed E-state index contributed by atoms with van der Waals surface area (Å²) in [6.45, 7) is 0. The van der Waals surface area contributed by atoms with Crippen LogP contribution in [0, 0.1) is 17.5 Å². The maximum absolute atomic E-state index is 13.4. The Balaban J connectivity index is 2.16. The summed E-state index contributed by atoms with van der Waals surface area (Å²) in [5.74, 6) is -1.98. The molecule has 2 rings (SSSR count). The highest BCUT2D eigenvalue weighted by Gasteiger charge is 2.09. The summed E-state index contributed by atoms with van der Waals surface area (Å²) in [4.78, 5) is 0.513. The molecule has 0 saturated heterocycles. The molecule has 0 aromatic heterocycles. The average Bonchev–Trinajstić information content (AvgIpc) is 2.35. The first-order valence-electron chi connectivity index (χ1n) is 5.18. The summed E-state index contributed by atoms with van der Waals surface area (Å²) in [5, 5.41) is 0. The van der Waals surface area contributed by atoms with Crippen LogP contribution >= 0.6 is 11.8 Å². The summed E-state index contributed by atoms with van der Waals surface area (Å²) >= 11 is 1.17. The molecular formula is C13H10F3NS.